The maximum atomic E-state index is 12.7. The maximum absolute atomic E-state index is 12.7. The van der Waals surface area contributed by atoms with Gasteiger partial charge in [0.25, 0.3) is 0 Å². The lowest BCUT2D eigenvalue weighted by Crippen LogP contribution is -2.39. The Hall–Kier alpha value is -0.670. The van der Waals surface area contributed by atoms with Crippen LogP contribution in [0.5, 0.6) is 0 Å². The lowest BCUT2D eigenvalue weighted by Gasteiger charge is -2.29. The molecule has 1 saturated heterocycles. The number of carbonyl (C=O) groups is 1. The Balaban J connectivity index is 1.89. The van der Waals surface area contributed by atoms with E-state index < -0.39 is 5.60 Å². The maximum Gasteiger partial charge on any atom is 0.171 e. The second-order valence-electron chi connectivity index (χ2n) is 5.29. The number of ether oxygens (including phenoxy) is 1. The third kappa shape index (κ3) is 1.85. The molecule has 1 aliphatic carbocycles. The first-order chi connectivity index (χ1) is 8.21. The number of carbonyl (C=O) groups excluding carboxylic acids is 1. The molecule has 0 N–H and O–H groups in total. The number of aryl methyl sites for hydroxylation is 1. The van der Waals surface area contributed by atoms with E-state index in [-0.39, 0.29) is 5.92 Å². The summed E-state index contributed by atoms with van der Waals surface area (Å²) in [5.74, 6) is 0.405. The molecule has 0 bridgehead atoms. The summed E-state index contributed by atoms with van der Waals surface area (Å²) in [5.41, 5.74) is 0.768. The smallest absolute Gasteiger partial charge is 0.171 e. The standard InChI is InChI=1S/C14H18O2S/c1-14(7-3-8-16-14)13(15)11-4-2-5-12-10(11)6-9-17-12/h6,9,11H,2-5,7-8H2,1H3. The van der Waals surface area contributed by atoms with E-state index in [1.54, 1.807) is 11.3 Å². The number of thiophene rings is 1. The fraction of sp³-hybridized carbons (Fsp3) is 0.643. The van der Waals surface area contributed by atoms with E-state index in [4.69, 9.17) is 4.74 Å². The summed E-state index contributed by atoms with van der Waals surface area (Å²) >= 11 is 1.79. The van der Waals surface area contributed by atoms with Gasteiger partial charge in [0, 0.05) is 17.4 Å². The second-order valence-corrected chi connectivity index (χ2v) is 6.29. The molecule has 0 spiro atoms. The third-order valence-corrected chi connectivity index (χ3v) is 5.10. The van der Waals surface area contributed by atoms with Crippen LogP contribution in [0.1, 0.15) is 49.0 Å². The van der Waals surface area contributed by atoms with Crippen LogP contribution in [-0.4, -0.2) is 18.0 Å². The van der Waals surface area contributed by atoms with Crippen LogP contribution in [0.15, 0.2) is 11.4 Å². The molecule has 1 aromatic rings. The Kier molecular flexibility index (Phi) is 2.83. The van der Waals surface area contributed by atoms with Crippen molar-refractivity contribution in [1.82, 2.24) is 0 Å². The summed E-state index contributed by atoms with van der Waals surface area (Å²) in [6.45, 7) is 2.72. The van der Waals surface area contributed by atoms with Gasteiger partial charge in [0.1, 0.15) is 5.60 Å². The van der Waals surface area contributed by atoms with Crippen LogP contribution in [0.4, 0.5) is 0 Å². The summed E-state index contributed by atoms with van der Waals surface area (Å²) < 4.78 is 5.70. The predicted octanol–water partition coefficient (Wildman–Crippen LogP) is 3.31. The van der Waals surface area contributed by atoms with Gasteiger partial charge in [-0.1, -0.05) is 0 Å². The van der Waals surface area contributed by atoms with Gasteiger partial charge in [-0.25, -0.2) is 0 Å². The molecule has 1 aromatic heterocycles. The average molecular weight is 250 g/mol. The lowest BCUT2D eigenvalue weighted by molar-refractivity contribution is -0.139. The van der Waals surface area contributed by atoms with Crippen LogP contribution >= 0.6 is 11.3 Å². The molecule has 0 radical (unpaired) electrons. The van der Waals surface area contributed by atoms with Crippen molar-refractivity contribution in [1.29, 1.82) is 0 Å². The molecular weight excluding hydrogens is 232 g/mol. The van der Waals surface area contributed by atoms with E-state index in [1.807, 2.05) is 6.92 Å². The molecule has 2 heterocycles. The van der Waals surface area contributed by atoms with Crippen molar-refractivity contribution >= 4 is 17.1 Å². The van der Waals surface area contributed by atoms with Crippen molar-refractivity contribution in [3.63, 3.8) is 0 Å². The van der Waals surface area contributed by atoms with E-state index >= 15 is 0 Å². The van der Waals surface area contributed by atoms with Gasteiger partial charge >= 0.3 is 0 Å². The molecule has 0 saturated carbocycles. The number of hydrogen-bond donors (Lipinski definition) is 0. The minimum Gasteiger partial charge on any atom is -0.367 e. The fourth-order valence-corrected chi connectivity index (χ4v) is 4.09. The first-order valence-electron chi connectivity index (χ1n) is 6.45. The number of hydrogen-bond acceptors (Lipinski definition) is 3. The van der Waals surface area contributed by atoms with E-state index in [9.17, 15) is 4.79 Å². The zero-order chi connectivity index (χ0) is 11.9. The molecule has 0 aromatic carbocycles. The Bertz CT molecular complexity index is 429. The van der Waals surface area contributed by atoms with Gasteiger partial charge in [-0.3, -0.25) is 4.79 Å². The van der Waals surface area contributed by atoms with Crippen LogP contribution in [0.2, 0.25) is 0 Å². The predicted molar refractivity (Wildman–Crippen MR) is 68.6 cm³/mol. The van der Waals surface area contributed by atoms with Crippen LogP contribution in [0.25, 0.3) is 0 Å². The van der Waals surface area contributed by atoms with Crippen molar-refractivity contribution in [2.24, 2.45) is 0 Å². The van der Waals surface area contributed by atoms with Crippen molar-refractivity contribution in [2.45, 2.75) is 50.5 Å². The number of Topliss-reactive ketones (excluding diaryl/α,β-unsaturated/α-hetero) is 1. The second kappa shape index (κ2) is 4.21. The summed E-state index contributed by atoms with van der Waals surface area (Å²) in [6.07, 6.45) is 5.20. The summed E-state index contributed by atoms with van der Waals surface area (Å²) in [5, 5.41) is 2.12. The van der Waals surface area contributed by atoms with E-state index in [0.29, 0.717) is 5.78 Å². The quantitative estimate of drug-likeness (QED) is 0.805. The minimum atomic E-state index is -0.513. The zero-order valence-electron chi connectivity index (χ0n) is 10.2. The Morgan fingerprint density at radius 1 is 1.53 bits per heavy atom. The highest BCUT2D eigenvalue weighted by atomic mass is 32.1. The summed E-state index contributed by atoms with van der Waals surface area (Å²) in [6, 6.07) is 2.14. The Morgan fingerprint density at radius 2 is 2.41 bits per heavy atom. The summed E-state index contributed by atoms with van der Waals surface area (Å²) in [4.78, 5) is 14.1. The topological polar surface area (TPSA) is 26.3 Å². The van der Waals surface area contributed by atoms with Gasteiger partial charge in [-0.05, 0) is 56.0 Å². The number of rotatable bonds is 2. The van der Waals surface area contributed by atoms with Crippen molar-refractivity contribution in [3.05, 3.63) is 21.9 Å². The molecule has 1 aliphatic heterocycles. The van der Waals surface area contributed by atoms with Gasteiger partial charge in [-0.15, -0.1) is 11.3 Å². The molecule has 2 atom stereocenters. The molecule has 2 aliphatic rings. The minimum absolute atomic E-state index is 0.0908. The van der Waals surface area contributed by atoms with Crippen molar-refractivity contribution < 1.29 is 9.53 Å². The molecule has 3 rings (SSSR count). The molecule has 1 fully saturated rings. The molecule has 2 unspecified atom stereocenters. The van der Waals surface area contributed by atoms with Gasteiger partial charge in [0.05, 0.1) is 0 Å². The lowest BCUT2D eigenvalue weighted by atomic mass is 9.78. The fourth-order valence-electron chi connectivity index (χ4n) is 3.10. The van der Waals surface area contributed by atoms with Gasteiger partial charge in [-0.2, -0.15) is 0 Å². The Labute approximate surface area is 106 Å². The Morgan fingerprint density at radius 3 is 3.18 bits per heavy atom. The monoisotopic (exact) mass is 250 g/mol. The molecule has 2 nitrogen and oxygen atoms in total. The normalized spacial score (nSPS) is 32.4. The highest BCUT2D eigenvalue weighted by molar-refractivity contribution is 7.10. The average Bonchev–Trinajstić information content (AvgIpc) is 2.96. The molecule has 17 heavy (non-hydrogen) atoms. The highest BCUT2D eigenvalue weighted by Crippen LogP contribution is 2.40. The highest BCUT2D eigenvalue weighted by Gasteiger charge is 2.42. The van der Waals surface area contributed by atoms with Crippen molar-refractivity contribution in [2.75, 3.05) is 6.61 Å². The molecule has 92 valence electrons. The first-order valence-corrected chi connectivity index (χ1v) is 7.33. The van der Waals surface area contributed by atoms with Gasteiger partial charge in [0.2, 0.25) is 0 Å². The van der Waals surface area contributed by atoms with Gasteiger partial charge in [0.15, 0.2) is 5.78 Å². The van der Waals surface area contributed by atoms with E-state index in [0.717, 1.165) is 38.7 Å². The largest absolute Gasteiger partial charge is 0.367 e. The van der Waals surface area contributed by atoms with Crippen LogP contribution in [-0.2, 0) is 16.0 Å². The number of ketones is 1. The zero-order valence-corrected chi connectivity index (χ0v) is 11.0. The van der Waals surface area contributed by atoms with Gasteiger partial charge < -0.3 is 4.74 Å². The van der Waals surface area contributed by atoms with Crippen molar-refractivity contribution in [3.8, 4) is 0 Å². The van der Waals surface area contributed by atoms with Crippen LogP contribution in [0.3, 0.4) is 0 Å². The molecule has 0 amide bonds. The number of fused-ring (bicyclic) bond motifs is 1. The first kappa shape index (κ1) is 11.4. The van der Waals surface area contributed by atoms with E-state index in [1.165, 1.54) is 10.4 Å². The third-order valence-electron chi connectivity index (χ3n) is 4.11. The molecule has 3 heteroatoms. The summed E-state index contributed by atoms with van der Waals surface area (Å²) in [7, 11) is 0. The van der Waals surface area contributed by atoms with E-state index in [2.05, 4.69) is 11.4 Å². The SMILES string of the molecule is CC1(C(=O)C2CCCc3sccc32)CCCO1. The molecular formula is C14H18O2S. The van der Waals surface area contributed by atoms with Crippen LogP contribution < -0.4 is 0 Å². The van der Waals surface area contributed by atoms with Crippen LogP contribution in [0, 0.1) is 0 Å².